The van der Waals surface area contributed by atoms with Crippen LogP contribution in [-0.2, 0) is 14.3 Å². The maximum atomic E-state index is 12.3. The fourth-order valence-corrected chi connectivity index (χ4v) is 4.02. The average molecular weight is 439 g/mol. The highest BCUT2D eigenvalue weighted by atomic mass is 16.5. The van der Waals surface area contributed by atoms with Gasteiger partial charge in [0, 0.05) is 18.4 Å². The number of hydrogen-bond donors (Lipinski definition) is 3. The summed E-state index contributed by atoms with van der Waals surface area (Å²) in [7, 11) is 0. The van der Waals surface area contributed by atoms with Gasteiger partial charge >= 0.3 is 12.1 Å². The van der Waals surface area contributed by atoms with Gasteiger partial charge in [-0.2, -0.15) is 0 Å². The molecule has 0 saturated carbocycles. The normalized spacial score (nSPS) is 14.2. The van der Waals surface area contributed by atoms with Crippen molar-refractivity contribution in [3.8, 4) is 11.1 Å². The van der Waals surface area contributed by atoms with E-state index in [1.54, 1.807) is 20.8 Å². The molecule has 0 fully saturated rings. The Hall–Kier alpha value is -3.35. The summed E-state index contributed by atoms with van der Waals surface area (Å²) in [6.07, 6.45) is -0.0488. The van der Waals surface area contributed by atoms with E-state index in [1.807, 2.05) is 24.3 Å². The Labute approximate surface area is 188 Å². The highest BCUT2D eigenvalue weighted by molar-refractivity contribution is 5.83. The molecule has 0 saturated heterocycles. The predicted molar refractivity (Wildman–Crippen MR) is 121 cm³/mol. The maximum Gasteiger partial charge on any atom is 0.407 e. The summed E-state index contributed by atoms with van der Waals surface area (Å²) in [5.74, 6) is -1.64. The third kappa shape index (κ3) is 5.46. The quantitative estimate of drug-likeness (QED) is 0.550. The minimum atomic E-state index is -1.06. The topological polar surface area (TPSA) is 105 Å². The number of carbonyl (C=O) groups excluding carboxylic acids is 2. The molecule has 7 nitrogen and oxygen atoms in total. The van der Waals surface area contributed by atoms with Crippen LogP contribution in [0.15, 0.2) is 48.5 Å². The SMILES string of the molecule is CC(CCC(=O)N[C@@H](C(=O)O)C(C)C)NC(=O)OCC1c2ccccc2-c2ccccc21. The first kappa shape index (κ1) is 23.3. The standard InChI is InChI=1S/C25H30N2O5/c1-15(2)23(24(29)30)27-22(28)13-12-16(3)26-25(31)32-14-21-19-10-6-4-8-17(19)18-9-5-7-11-20(18)21/h4-11,15-16,21,23H,12-14H2,1-3H3,(H,26,31)(H,27,28)(H,29,30)/t16?,23-/m1/s1. The van der Waals surface area contributed by atoms with Crippen molar-refractivity contribution in [2.75, 3.05) is 6.61 Å². The minimum Gasteiger partial charge on any atom is -0.480 e. The summed E-state index contributed by atoms with van der Waals surface area (Å²) < 4.78 is 5.52. The zero-order valence-electron chi connectivity index (χ0n) is 18.6. The number of nitrogens with one attached hydrogen (secondary N) is 2. The van der Waals surface area contributed by atoms with Crippen LogP contribution in [0.3, 0.4) is 0 Å². The number of carboxylic acids is 1. The molecule has 2 aromatic rings. The lowest BCUT2D eigenvalue weighted by Crippen LogP contribution is -2.44. The summed E-state index contributed by atoms with van der Waals surface area (Å²) in [6.45, 7) is 5.48. The fraction of sp³-hybridized carbons (Fsp3) is 0.400. The number of amides is 2. The maximum absolute atomic E-state index is 12.3. The number of fused-ring (bicyclic) bond motifs is 3. The number of rotatable bonds is 9. The van der Waals surface area contributed by atoms with Gasteiger partial charge in [-0.3, -0.25) is 4.79 Å². The van der Waals surface area contributed by atoms with Crippen molar-refractivity contribution < 1.29 is 24.2 Å². The van der Waals surface area contributed by atoms with Gasteiger partial charge in [0.05, 0.1) is 0 Å². The van der Waals surface area contributed by atoms with Crippen LogP contribution in [0.2, 0.25) is 0 Å². The lowest BCUT2D eigenvalue weighted by molar-refractivity contribution is -0.143. The summed E-state index contributed by atoms with van der Waals surface area (Å²) >= 11 is 0. The van der Waals surface area contributed by atoms with Crippen LogP contribution in [0.5, 0.6) is 0 Å². The first-order chi connectivity index (χ1) is 15.3. The highest BCUT2D eigenvalue weighted by Crippen LogP contribution is 2.44. The Morgan fingerprint density at radius 3 is 2.03 bits per heavy atom. The van der Waals surface area contributed by atoms with Crippen molar-refractivity contribution in [2.45, 2.75) is 51.6 Å². The summed E-state index contributed by atoms with van der Waals surface area (Å²) in [5.41, 5.74) is 4.61. The van der Waals surface area contributed by atoms with Gasteiger partial charge in [0.15, 0.2) is 0 Å². The Kier molecular flexibility index (Phi) is 7.51. The highest BCUT2D eigenvalue weighted by Gasteiger charge is 2.29. The lowest BCUT2D eigenvalue weighted by atomic mass is 9.98. The Morgan fingerprint density at radius 1 is 0.938 bits per heavy atom. The molecule has 1 aliphatic carbocycles. The number of benzene rings is 2. The second-order valence-corrected chi connectivity index (χ2v) is 8.54. The smallest absolute Gasteiger partial charge is 0.407 e. The van der Waals surface area contributed by atoms with Crippen molar-refractivity contribution in [1.82, 2.24) is 10.6 Å². The van der Waals surface area contributed by atoms with Gasteiger partial charge in [-0.15, -0.1) is 0 Å². The number of carbonyl (C=O) groups is 3. The summed E-state index contributed by atoms with van der Waals surface area (Å²) in [5, 5.41) is 14.4. The number of hydrogen-bond acceptors (Lipinski definition) is 4. The Bertz CT molecular complexity index is 942. The first-order valence-electron chi connectivity index (χ1n) is 10.9. The fourth-order valence-electron chi connectivity index (χ4n) is 4.02. The monoisotopic (exact) mass is 438 g/mol. The van der Waals surface area contributed by atoms with Crippen LogP contribution in [0, 0.1) is 5.92 Å². The molecule has 0 heterocycles. The number of alkyl carbamates (subject to hydrolysis) is 1. The zero-order chi connectivity index (χ0) is 23.3. The van der Waals surface area contributed by atoms with E-state index in [4.69, 9.17) is 4.74 Å². The van der Waals surface area contributed by atoms with Gasteiger partial charge in [0.2, 0.25) is 5.91 Å². The number of carboxylic acid groups (broad SMARTS) is 1. The van der Waals surface area contributed by atoms with Crippen molar-refractivity contribution in [3.05, 3.63) is 59.7 Å². The van der Waals surface area contributed by atoms with E-state index in [0.717, 1.165) is 22.3 Å². The minimum absolute atomic E-state index is 0.0155. The molecule has 32 heavy (non-hydrogen) atoms. The molecule has 2 aromatic carbocycles. The van der Waals surface area contributed by atoms with Crippen LogP contribution in [0.25, 0.3) is 11.1 Å². The molecule has 0 bridgehead atoms. The van der Waals surface area contributed by atoms with Gasteiger partial charge in [-0.1, -0.05) is 62.4 Å². The molecule has 7 heteroatoms. The van der Waals surface area contributed by atoms with Crippen LogP contribution in [-0.4, -0.2) is 41.8 Å². The van der Waals surface area contributed by atoms with E-state index in [9.17, 15) is 19.5 Å². The van der Waals surface area contributed by atoms with Gasteiger partial charge < -0.3 is 20.5 Å². The molecule has 0 radical (unpaired) electrons. The number of aliphatic carboxylic acids is 1. The van der Waals surface area contributed by atoms with E-state index in [0.29, 0.717) is 6.42 Å². The molecule has 1 unspecified atom stereocenters. The first-order valence-corrected chi connectivity index (χ1v) is 10.9. The average Bonchev–Trinajstić information content (AvgIpc) is 3.08. The molecule has 2 atom stereocenters. The van der Waals surface area contributed by atoms with E-state index in [1.165, 1.54) is 0 Å². The molecule has 0 spiro atoms. The molecular weight excluding hydrogens is 408 g/mol. The van der Waals surface area contributed by atoms with Crippen molar-refractivity contribution >= 4 is 18.0 Å². The molecule has 0 aromatic heterocycles. The Balaban J connectivity index is 1.48. The molecule has 0 aliphatic heterocycles. The van der Waals surface area contributed by atoms with Crippen molar-refractivity contribution in [1.29, 1.82) is 0 Å². The molecular formula is C25H30N2O5. The van der Waals surface area contributed by atoms with Gasteiger partial charge in [0.25, 0.3) is 0 Å². The molecule has 170 valence electrons. The van der Waals surface area contributed by atoms with E-state index < -0.39 is 18.1 Å². The van der Waals surface area contributed by atoms with Gasteiger partial charge in [0.1, 0.15) is 12.6 Å². The van der Waals surface area contributed by atoms with E-state index >= 15 is 0 Å². The molecule has 2 amide bonds. The number of ether oxygens (including phenoxy) is 1. The van der Waals surface area contributed by atoms with Gasteiger partial charge in [-0.05, 0) is 41.5 Å². The summed E-state index contributed by atoms with van der Waals surface area (Å²) in [4.78, 5) is 35.6. The van der Waals surface area contributed by atoms with Gasteiger partial charge in [-0.25, -0.2) is 9.59 Å². The van der Waals surface area contributed by atoms with Crippen molar-refractivity contribution in [3.63, 3.8) is 0 Å². The molecule has 3 rings (SSSR count). The lowest BCUT2D eigenvalue weighted by Gasteiger charge is -2.19. The predicted octanol–water partition coefficient (Wildman–Crippen LogP) is 3.92. The largest absolute Gasteiger partial charge is 0.480 e. The third-order valence-electron chi connectivity index (χ3n) is 5.76. The third-order valence-corrected chi connectivity index (χ3v) is 5.76. The Morgan fingerprint density at radius 2 is 1.50 bits per heavy atom. The second-order valence-electron chi connectivity index (χ2n) is 8.54. The molecule has 1 aliphatic rings. The molecule has 3 N–H and O–H groups in total. The van der Waals surface area contributed by atoms with E-state index in [-0.39, 0.29) is 36.8 Å². The van der Waals surface area contributed by atoms with Crippen LogP contribution < -0.4 is 10.6 Å². The van der Waals surface area contributed by atoms with Crippen molar-refractivity contribution in [2.24, 2.45) is 5.92 Å². The second kappa shape index (κ2) is 10.3. The van der Waals surface area contributed by atoms with Crippen LogP contribution in [0.1, 0.15) is 50.7 Å². The van der Waals surface area contributed by atoms with Crippen LogP contribution in [0.4, 0.5) is 4.79 Å². The van der Waals surface area contributed by atoms with E-state index in [2.05, 4.69) is 34.9 Å². The zero-order valence-corrected chi connectivity index (χ0v) is 18.6. The summed E-state index contributed by atoms with van der Waals surface area (Å²) in [6, 6.07) is 15.0. The van der Waals surface area contributed by atoms with Crippen LogP contribution >= 0.6 is 0 Å².